The Morgan fingerprint density at radius 2 is 1.93 bits per heavy atom. The molecule has 2 aromatic carbocycles. The van der Waals surface area contributed by atoms with Crippen LogP contribution in [-0.2, 0) is 11.8 Å². The van der Waals surface area contributed by atoms with E-state index in [1.165, 1.54) is 6.08 Å². The topological polar surface area (TPSA) is 87.5 Å². The molecule has 40 heavy (non-hydrogen) atoms. The molecule has 4 aromatic rings. The number of likely N-dealkylation sites (N-methyl/N-ethyl adjacent to an activating group) is 2. The molecule has 0 saturated heterocycles. The first-order valence-electron chi connectivity index (χ1n) is 13.0. The van der Waals surface area contributed by atoms with Crippen LogP contribution in [0.25, 0.3) is 22.2 Å². The van der Waals surface area contributed by atoms with Crippen molar-refractivity contribution in [1.29, 1.82) is 0 Å². The minimum Gasteiger partial charge on any atom is -0.494 e. The first-order chi connectivity index (χ1) is 19.2. The number of hydrogen-bond acceptors (Lipinski definition) is 7. The fourth-order valence-corrected chi connectivity index (χ4v) is 4.65. The van der Waals surface area contributed by atoms with Crippen LogP contribution < -0.4 is 20.3 Å². The van der Waals surface area contributed by atoms with Crippen molar-refractivity contribution >= 4 is 39.8 Å². The maximum atomic E-state index is 12.3. The summed E-state index contributed by atoms with van der Waals surface area (Å²) < 4.78 is 7.83. The van der Waals surface area contributed by atoms with Gasteiger partial charge in [0.2, 0.25) is 11.9 Å². The van der Waals surface area contributed by atoms with Crippen LogP contribution in [0.4, 0.5) is 23.0 Å². The number of methoxy groups -OCH3 is 1. The summed E-state index contributed by atoms with van der Waals surface area (Å²) in [5.74, 6) is 0.694. The highest BCUT2D eigenvalue weighted by atomic mass is 16.5. The maximum Gasteiger partial charge on any atom is 0.247 e. The summed E-state index contributed by atoms with van der Waals surface area (Å²) in [4.78, 5) is 25.9. The fourth-order valence-electron chi connectivity index (χ4n) is 4.65. The lowest BCUT2D eigenvalue weighted by atomic mass is 10.1. The Morgan fingerprint density at radius 3 is 2.65 bits per heavy atom. The van der Waals surface area contributed by atoms with Crippen LogP contribution in [0.3, 0.4) is 0 Å². The molecule has 9 heteroatoms. The molecule has 0 saturated carbocycles. The highest BCUT2D eigenvalue weighted by molar-refractivity contribution is 6.02. The number of benzene rings is 2. The van der Waals surface area contributed by atoms with Gasteiger partial charge >= 0.3 is 0 Å². The quantitative estimate of drug-likeness (QED) is 0.183. The summed E-state index contributed by atoms with van der Waals surface area (Å²) in [7, 11) is 7.67. The Morgan fingerprint density at radius 1 is 1.15 bits per heavy atom. The third kappa shape index (κ3) is 6.50. The summed E-state index contributed by atoms with van der Waals surface area (Å²) in [6.45, 7) is 12.0. The zero-order valence-corrected chi connectivity index (χ0v) is 23.9. The summed E-state index contributed by atoms with van der Waals surface area (Å²) in [6, 6.07) is 13.8. The van der Waals surface area contributed by atoms with Crippen LogP contribution in [-0.4, -0.2) is 66.2 Å². The molecule has 4 rings (SSSR count). The van der Waals surface area contributed by atoms with Gasteiger partial charge in [-0.2, -0.15) is 0 Å². The van der Waals surface area contributed by atoms with Gasteiger partial charge in [0.05, 0.1) is 29.9 Å². The first-order valence-corrected chi connectivity index (χ1v) is 13.0. The van der Waals surface area contributed by atoms with E-state index in [-0.39, 0.29) is 5.91 Å². The summed E-state index contributed by atoms with van der Waals surface area (Å²) >= 11 is 0. The molecule has 2 heterocycles. The van der Waals surface area contributed by atoms with E-state index in [9.17, 15) is 4.79 Å². The molecule has 0 aliphatic carbocycles. The SMILES string of the molecule is C=CC(=O)Nc1cc(Nc2nccc(-c3cn(C)c4ccccc34)n2)c(OC)cc1N(C)CCN(C)CC(=C)C. The molecule has 0 bridgehead atoms. The van der Waals surface area contributed by atoms with Gasteiger partial charge in [-0.3, -0.25) is 4.79 Å². The Hall–Kier alpha value is -4.63. The van der Waals surface area contributed by atoms with Crippen molar-refractivity contribution in [3.8, 4) is 17.0 Å². The minimum atomic E-state index is -0.306. The van der Waals surface area contributed by atoms with Crippen molar-refractivity contribution in [2.75, 3.05) is 56.4 Å². The molecule has 2 N–H and O–H groups in total. The summed E-state index contributed by atoms with van der Waals surface area (Å²) in [5, 5.41) is 7.34. The molecular formula is C31H37N7O2. The molecule has 2 aromatic heterocycles. The number of ether oxygens (including phenoxy) is 1. The Labute approximate surface area is 235 Å². The number of carbonyl (C=O) groups excluding carboxylic acids is 1. The lowest BCUT2D eigenvalue weighted by Crippen LogP contribution is -2.32. The maximum absolute atomic E-state index is 12.3. The second-order valence-electron chi connectivity index (χ2n) is 9.94. The molecular weight excluding hydrogens is 502 g/mol. The third-order valence-electron chi connectivity index (χ3n) is 6.60. The van der Waals surface area contributed by atoms with Gasteiger partial charge in [0, 0.05) is 68.7 Å². The minimum absolute atomic E-state index is 0.306. The monoisotopic (exact) mass is 539 g/mol. The lowest BCUT2D eigenvalue weighted by Gasteiger charge is -2.27. The van der Waals surface area contributed by atoms with Crippen molar-refractivity contribution in [2.45, 2.75) is 6.92 Å². The van der Waals surface area contributed by atoms with Crippen molar-refractivity contribution in [2.24, 2.45) is 7.05 Å². The van der Waals surface area contributed by atoms with Gasteiger partial charge in [0.25, 0.3) is 0 Å². The number of aryl methyl sites for hydroxylation is 1. The number of para-hydroxylation sites is 1. The Balaban J connectivity index is 1.66. The van der Waals surface area contributed by atoms with Gasteiger partial charge in [0.15, 0.2) is 0 Å². The van der Waals surface area contributed by atoms with Crippen LogP contribution in [0.5, 0.6) is 5.75 Å². The fraction of sp³-hybridized carbons (Fsp3) is 0.258. The third-order valence-corrected chi connectivity index (χ3v) is 6.60. The highest BCUT2D eigenvalue weighted by Gasteiger charge is 2.17. The van der Waals surface area contributed by atoms with Crippen molar-refractivity contribution in [3.63, 3.8) is 0 Å². The lowest BCUT2D eigenvalue weighted by molar-refractivity contribution is -0.111. The van der Waals surface area contributed by atoms with Crippen LogP contribution in [0.15, 0.2) is 79.7 Å². The van der Waals surface area contributed by atoms with Gasteiger partial charge < -0.3 is 29.7 Å². The van der Waals surface area contributed by atoms with E-state index in [1.54, 1.807) is 13.3 Å². The number of nitrogens with zero attached hydrogens (tertiary/aromatic N) is 5. The summed E-state index contributed by atoms with van der Waals surface area (Å²) in [6.07, 6.45) is 5.04. The predicted molar refractivity (Wildman–Crippen MR) is 165 cm³/mol. The normalized spacial score (nSPS) is 10.9. The second kappa shape index (κ2) is 12.5. The molecule has 208 valence electrons. The molecule has 1 amide bonds. The summed E-state index contributed by atoms with van der Waals surface area (Å²) in [5.41, 5.74) is 6.09. The van der Waals surface area contributed by atoms with E-state index in [4.69, 9.17) is 9.72 Å². The van der Waals surface area contributed by atoms with Crippen molar-refractivity contribution in [1.82, 2.24) is 19.4 Å². The van der Waals surface area contributed by atoms with E-state index >= 15 is 0 Å². The Bertz CT molecular complexity index is 1540. The van der Waals surface area contributed by atoms with Crippen molar-refractivity contribution in [3.05, 3.63) is 79.7 Å². The molecule has 0 atom stereocenters. The zero-order valence-electron chi connectivity index (χ0n) is 23.9. The number of rotatable bonds is 12. The highest BCUT2D eigenvalue weighted by Crippen LogP contribution is 2.38. The molecule has 9 nitrogen and oxygen atoms in total. The molecule has 0 radical (unpaired) electrons. The van der Waals surface area contributed by atoms with E-state index in [2.05, 4.69) is 68.5 Å². The van der Waals surface area contributed by atoms with Gasteiger partial charge in [-0.25, -0.2) is 9.97 Å². The number of anilines is 4. The second-order valence-corrected chi connectivity index (χ2v) is 9.94. The van der Waals surface area contributed by atoms with Crippen LogP contribution in [0.1, 0.15) is 6.92 Å². The van der Waals surface area contributed by atoms with Gasteiger partial charge in [-0.15, -0.1) is 0 Å². The number of fused-ring (bicyclic) bond motifs is 1. The van der Waals surface area contributed by atoms with Gasteiger partial charge in [0.1, 0.15) is 5.75 Å². The Kier molecular flexibility index (Phi) is 8.86. The number of nitrogens with one attached hydrogen (secondary N) is 2. The van der Waals surface area contributed by atoms with Crippen LogP contribution in [0.2, 0.25) is 0 Å². The number of aromatic nitrogens is 3. The predicted octanol–water partition coefficient (Wildman–Crippen LogP) is 5.46. The average molecular weight is 540 g/mol. The van der Waals surface area contributed by atoms with E-state index in [0.717, 1.165) is 53.1 Å². The average Bonchev–Trinajstić information content (AvgIpc) is 3.28. The van der Waals surface area contributed by atoms with Gasteiger partial charge in [-0.1, -0.05) is 36.9 Å². The zero-order chi connectivity index (χ0) is 28.8. The van der Waals surface area contributed by atoms with Crippen molar-refractivity contribution < 1.29 is 9.53 Å². The van der Waals surface area contributed by atoms with Crippen LogP contribution >= 0.6 is 0 Å². The number of carbonyl (C=O) groups is 1. The molecule has 0 unspecified atom stereocenters. The molecule has 0 aliphatic heterocycles. The number of hydrogen-bond donors (Lipinski definition) is 2. The number of amides is 1. The standard InChI is InChI=1S/C31H37N7O2/c1-8-30(39)33-25-17-26(29(40-7)18-28(25)37(5)16-15-36(4)19-21(2)3)35-31-32-14-13-24(34-31)23-20-38(6)27-12-10-9-11-22(23)27/h8-14,17-18,20H,1-2,15-16,19H2,3-7H3,(H,33,39)(H,32,34,35). The smallest absolute Gasteiger partial charge is 0.247 e. The van der Waals surface area contributed by atoms with Crippen LogP contribution in [0, 0.1) is 0 Å². The van der Waals surface area contributed by atoms with E-state index in [0.29, 0.717) is 23.1 Å². The molecule has 0 aliphatic rings. The largest absolute Gasteiger partial charge is 0.494 e. The molecule has 0 fully saturated rings. The first kappa shape index (κ1) is 28.4. The molecule has 0 spiro atoms. The van der Waals surface area contributed by atoms with E-state index in [1.807, 2.05) is 51.4 Å². The van der Waals surface area contributed by atoms with Gasteiger partial charge in [-0.05, 0) is 38.2 Å². The van der Waals surface area contributed by atoms with E-state index < -0.39 is 0 Å².